The highest BCUT2D eigenvalue weighted by Gasteiger charge is 2.35. The van der Waals surface area contributed by atoms with Gasteiger partial charge in [-0.15, -0.1) is 0 Å². The summed E-state index contributed by atoms with van der Waals surface area (Å²) in [7, 11) is 0. The highest BCUT2D eigenvalue weighted by molar-refractivity contribution is 5.94. The van der Waals surface area contributed by atoms with Gasteiger partial charge >= 0.3 is 6.18 Å². The Morgan fingerprint density at radius 2 is 1.94 bits per heavy atom. The molecule has 1 aromatic carbocycles. The second-order valence-corrected chi connectivity index (χ2v) is 7.07. The molecule has 8 nitrogen and oxygen atoms in total. The maximum atomic E-state index is 12.8. The zero-order valence-electron chi connectivity index (χ0n) is 15.8. The van der Waals surface area contributed by atoms with Gasteiger partial charge in [-0.3, -0.25) is 9.89 Å². The van der Waals surface area contributed by atoms with Crippen LogP contribution in [-0.4, -0.2) is 52.0 Å². The minimum atomic E-state index is -4.47. The van der Waals surface area contributed by atoms with Gasteiger partial charge in [-0.25, -0.2) is 4.98 Å². The Labute approximate surface area is 173 Å². The van der Waals surface area contributed by atoms with Crippen molar-refractivity contribution in [3.05, 3.63) is 53.9 Å². The fourth-order valence-corrected chi connectivity index (χ4v) is 3.30. The lowest BCUT2D eigenvalue weighted by Gasteiger charge is -2.38. The van der Waals surface area contributed by atoms with Gasteiger partial charge in [0.25, 0.3) is 5.91 Å². The van der Waals surface area contributed by atoms with Crippen LogP contribution >= 0.6 is 0 Å². The SMILES string of the molecule is O=C(c1cc(-c2ccc3c(c2)OCO3)n[nH]1)N1CC(Oc2cc(C(F)(F)F)ccn2)C1. The first-order valence-corrected chi connectivity index (χ1v) is 9.31. The van der Waals surface area contributed by atoms with Crippen molar-refractivity contribution in [3.8, 4) is 28.6 Å². The molecule has 0 bridgehead atoms. The Bertz CT molecular complexity index is 1140. The number of halogens is 3. The molecule has 1 fully saturated rings. The molecule has 0 radical (unpaired) electrons. The highest BCUT2D eigenvalue weighted by atomic mass is 19.4. The van der Waals surface area contributed by atoms with Crippen LogP contribution in [0.25, 0.3) is 11.3 Å². The summed E-state index contributed by atoms with van der Waals surface area (Å²) in [5.74, 6) is 0.853. The summed E-state index contributed by atoms with van der Waals surface area (Å²) >= 11 is 0. The molecule has 0 unspecified atom stereocenters. The van der Waals surface area contributed by atoms with Crippen LogP contribution in [0, 0.1) is 0 Å². The van der Waals surface area contributed by atoms with Crippen molar-refractivity contribution in [2.45, 2.75) is 12.3 Å². The predicted octanol–water partition coefficient (Wildman–Crippen LogP) is 3.12. The zero-order valence-corrected chi connectivity index (χ0v) is 15.8. The molecule has 0 saturated carbocycles. The smallest absolute Gasteiger partial charge is 0.416 e. The van der Waals surface area contributed by atoms with E-state index in [1.807, 2.05) is 6.07 Å². The molecular weight excluding hydrogens is 417 g/mol. The Kier molecular flexibility index (Phi) is 4.45. The van der Waals surface area contributed by atoms with Crippen LogP contribution in [0.4, 0.5) is 13.2 Å². The second-order valence-electron chi connectivity index (χ2n) is 7.07. The highest BCUT2D eigenvalue weighted by Crippen LogP contribution is 2.35. The minimum absolute atomic E-state index is 0.126. The number of carbonyl (C=O) groups excluding carboxylic acids is 1. The summed E-state index contributed by atoms with van der Waals surface area (Å²) in [5, 5.41) is 6.89. The Morgan fingerprint density at radius 1 is 1.13 bits per heavy atom. The lowest BCUT2D eigenvalue weighted by atomic mass is 10.1. The average molecular weight is 432 g/mol. The monoisotopic (exact) mass is 432 g/mol. The van der Waals surface area contributed by atoms with E-state index in [0.29, 0.717) is 22.9 Å². The largest absolute Gasteiger partial charge is 0.471 e. The molecule has 160 valence electrons. The normalized spacial score (nSPS) is 15.6. The summed E-state index contributed by atoms with van der Waals surface area (Å²) in [6.07, 6.45) is -3.86. The summed E-state index contributed by atoms with van der Waals surface area (Å²) < 4.78 is 54.5. The number of hydrogen-bond acceptors (Lipinski definition) is 6. The van der Waals surface area contributed by atoms with Crippen LogP contribution in [0.15, 0.2) is 42.6 Å². The molecule has 0 aliphatic carbocycles. The van der Waals surface area contributed by atoms with Gasteiger partial charge in [0.1, 0.15) is 11.8 Å². The first-order valence-electron chi connectivity index (χ1n) is 9.31. The summed E-state index contributed by atoms with van der Waals surface area (Å²) in [6.45, 7) is 0.627. The van der Waals surface area contributed by atoms with Crippen molar-refractivity contribution in [3.63, 3.8) is 0 Å². The number of amides is 1. The molecule has 3 aromatic rings. The van der Waals surface area contributed by atoms with Crippen LogP contribution in [0.5, 0.6) is 17.4 Å². The summed E-state index contributed by atoms with van der Waals surface area (Å²) in [6, 6.07) is 8.71. The van der Waals surface area contributed by atoms with Crippen molar-refractivity contribution in [1.82, 2.24) is 20.1 Å². The molecule has 1 saturated heterocycles. The van der Waals surface area contributed by atoms with Gasteiger partial charge in [-0.05, 0) is 30.3 Å². The molecule has 4 heterocycles. The standard InChI is InChI=1S/C20H15F3N4O4/c21-20(22,23)12-3-4-24-18(6-12)31-13-8-27(9-13)19(28)15-7-14(25-26-15)11-1-2-16-17(5-11)30-10-29-16/h1-7,13H,8-10H2,(H,25,26). The molecular formula is C20H15F3N4O4. The number of aromatic nitrogens is 3. The Balaban J connectivity index is 1.20. The molecule has 2 aliphatic rings. The Hall–Kier alpha value is -3.76. The number of likely N-dealkylation sites (tertiary alicyclic amines) is 1. The van der Waals surface area contributed by atoms with Gasteiger partial charge in [0, 0.05) is 17.8 Å². The number of carbonyl (C=O) groups is 1. The van der Waals surface area contributed by atoms with Crippen LogP contribution < -0.4 is 14.2 Å². The molecule has 31 heavy (non-hydrogen) atoms. The maximum absolute atomic E-state index is 12.8. The number of ether oxygens (including phenoxy) is 3. The van der Waals surface area contributed by atoms with Gasteiger partial charge in [-0.1, -0.05) is 0 Å². The fraction of sp³-hybridized carbons (Fsp3) is 0.250. The summed E-state index contributed by atoms with van der Waals surface area (Å²) in [4.78, 5) is 17.9. The van der Waals surface area contributed by atoms with Crippen LogP contribution in [0.2, 0.25) is 0 Å². The van der Waals surface area contributed by atoms with Crippen LogP contribution in [0.1, 0.15) is 16.1 Å². The third kappa shape index (κ3) is 3.74. The average Bonchev–Trinajstić information content (AvgIpc) is 3.38. The van der Waals surface area contributed by atoms with Crippen molar-refractivity contribution >= 4 is 5.91 Å². The molecule has 5 rings (SSSR count). The van der Waals surface area contributed by atoms with E-state index in [0.717, 1.165) is 23.9 Å². The van der Waals surface area contributed by atoms with Crippen molar-refractivity contribution in [2.24, 2.45) is 0 Å². The third-order valence-corrected chi connectivity index (χ3v) is 4.96. The van der Waals surface area contributed by atoms with E-state index in [1.165, 1.54) is 4.90 Å². The topological polar surface area (TPSA) is 89.6 Å². The van der Waals surface area contributed by atoms with Crippen molar-refractivity contribution < 1.29 is 32.2 Å². The molecule has 1 amide bonds. The van der Waals surface area contributed by atoms with Gasteiger partial charge in [0.15, 0.2) is 11.5 Å². The second kappa shape index (κ2) is 7.18. The van der Waals surface area contributed by atoms with E-state index in [9.17, 15) is 18.0 Å². The van der Waals surface area contributed by atoms with Gasteiger partial charge in [0.05, 0.1) is 24.3 Å². The molecule has 2 aromatic heterocycles. The first-order chi connectivity index (χ1) is 14.9. The molecule has 11 heteroatoms. The van der Waals surface area contributed by atoms with E-state index in [-0.39, 0.29) is 31.7 Å². The number of pyridine rings is 1. The number of nitrogens with one attached hydrogen (secondary N) is 1. The molecule has 0 atom stereocenters. The number of aromatic amines is 1. The lowest BCUT2D eigenvalue weighted by molar-refractivity contribution is -0.137. The molecule has 1 N–H and O–H groups in total. The summed E-state index contributed by atoms with van der Waals surface area (Å²) in [5.41, 5.74) is 0.796. The number of alkyl halides is 3. The maximum Gasteiger partial charge on any atom is 0.416 e. The quantitative estimate of drug-likeness (QED) is 0.682. The van der Waals surface area contributed by atoms with E-state index in [4.69, 9.17) is 14.2 Å². The van der Waals surface area contributed by atoms with Gasteiger partial charge in [-0.2, -0.15) is 18.3 Å². The van der Waals surface area contributed by atoms with Crippen molar-refractivity contribution in [2.75, 3.05) is 19.9 Å². The van der Waals surface area contributed by atoms with E-state index in [1.54, 1.807) is 18.2 Å². The van der Waals surface area contributed by atoms with E-state index < -0.39 is 17.8 Å². The number of benzene rings is 1. The number of rotatable bonds is 4. The molecule has 0 spiro atoms. The molecule has 2 aliphatic heterocycles. The van der Waals surface area contributed by atoms with Gasteiger partial charge in [0.2, 0.25) is 12.7 Å². The Morgan fingerprint density at radius 3 is 2.74 bits per heavy atom. The number of nitrogens with zero attached hydrogens (tertiary/aromatic N) is 3. The lowest BCUT2D eigenvalue weighted by Crippen LogP contribution is -2.56. The van der Waals surface area contributed by atoms with E-state index in [2.05, 4.69) is 15.2 Å². The van der Waals surface area contributed by atoms with E-state index >= 15 is 0 Å². The number of hydrogen-bond donors (Lipinski definition) is 1. The van der Waals surface area contributed by atoms with Crippen molar-refractivity contribution in [1.29, 1.82) is 0 Å². The van der Waals surface area contributed by atoms with Crippen LogP contribution in [0.3, 0.4) is 0 Å². The third-order valence-electron chi connectivity index (χ3n) is 4.96. The van der Waals surface area contributed by atoms with Gasteiger partial charge < -0.3 is 19.1 Å². The predicted molar refractivity (Wildman–Crippen MR) is 99.7 cm³/mol. The first kappa shape index (κ1) is 19.2. The number of fused-ring (bicyclic) bond motifs is 1. The number of H-pyrrole nitrogens is 1. The zero-order chi connectivity index (χ0) is 21.6. The fourth-order valence-electron chi connectivity index (χ4n) is 3.30. The minimum Gasteiger partial charge on any atom is -0.471 e. The van der Waals surface area contributed by atoms with Crippen LogP contribution in [-0.2, 0) is 6.18 Å².